The van der Waals surface area contributed by atoms with Crippen LogP contribution >= 0.6 is 11.6 Å². The minimum atomic E-state index is -4.69. The number of piperazine rings is 1. The number of hydrogen-bond acceptors (Lipinski definition) is 14. The van der Waals surface area contributed by atoms with Crippen LogP contribution in [0.4, 0.5) is 47.4 Å². The first-order chi connectivity index (χ1) is 32.4. The Balaban J connectivity index is 1.06. The smallest absolute Gasteiger partial charge is 0.405 e. The van der Waals surface area contributed by atoms with E-state index >= 15 is 0 Å². The number of rotatable bonds is 14. The number of anilines is 5. The molecule has 0 spiro atoms. The van der Waals surface area contributed by atoms with Crippen LogP contribution in [0.25, 0.3) is 5.57 Å². The zero-order chi connectivity index (χ0) is 48.2. The van der Waals surface area contributed by atoms with Crippen LogP contribution in [0.15, 0.2) is 83.3 Å². The molecule has 1 aromatic heterocycles. The van der Waals surface area contributed by atoms with Gasteiger partial charge in [0.2, 0.25) is 5.88 Å². The third kappa shape index (κ3) is 11.9. The quantitative estimate of drug-likeness (QED) is 0.0812. The topological polar surface area (TPSA) is 181 Å². The minimum Gasteiger partial charge on any atom is -0.476 e. The summed E-state index contributed by atoms with van der Waals surface area (Å²) in [6, 6.07) is 19.3. The van der Waals surface area contributed by atoms with E-state index in [-0.39, 0.29) is 60.8 Å². The molecule has 3 N–H and O–H groups in total. The van der Waals surface area contributed by atoms with Crippen molar-refractivity contribution < 1.29 is 45.5 Å². The van der Waals surface area contributed by atoms with Gasteiger partial charge in [0, 0.05) is 62.6 Å². The Labute approximate surface area is 398 Å². The Morgan fingerprint density at radius 2 is 1.74 bits per heavy atom. The van der Waals surface area contributed by atoms with Gasteiger partial charge < -0.3 is 34.6 Å². The Hall–Kier alpha value is -5.67. The van der Waals surface area contributed by atoms with Crippen molar-refractivity contribution in [3.63, 3.8) is 0 Å². The average molecular weight is 984 g/mol. The van der Waals surface area contributed by atoms with E-state index in [2.05, 4.69) is 56.1 Å². The number of aromatic nitrogens is 1. The number of pyridine rings is 1. The second kappa shape index (κ2) is 20.5. The van der Waals surface area contributed by atoms with Crippen molar-refractivity contribution in [3.8, 4) is 5.88 Å². The molecule has 4 aliphatic rings. The molecule has 68 heavy (non-hydrogen) atoms. The van der Waals surface area contributed by atoms with Crippen LogP contribution in [0.3, 0.4) is 0 Å². The van der Waals surface area contributed by atoms with Crippen molar-refractivity contribution in [1.29, 1.82) is 0 Å². The predicted octanol–water partition coefficient (Wildman–Crippen LogP) is 8.27. The lowest BCUT2D eigenvalue weighted by atomic mass is 9.72. The van der Waals surface area contributed by atoms with Gasteiger partial charge in [-0.25, -0.2) is 13.1 Å². The van der Waals surface area contributed by atoms with E-state index in [1.807, 2.05) is 12.1 Å². The molecule has 16 nitrogen and oxygen atoms in total. The second-order valence-corrected chi connectivity index (χ2v) is 20.2. The van der Waals surface area contributed by atoms with Crippen molar-refractivity contribution in [2.45, 2.75) is 56.7 Å². The van der Waals surface area contributed by atoms with E-state index in [9.17, 15) is 36.5 Å². The maximum atomic E-state index is 14.3. The minimum absolute atomic E-state index is 0.0228. The van der Waals surface area contributed by atoms with Crippen LogP contribution < -0.4 is 29.9 Å². The number of hydrogen-bond donors (Lipinski definition) is 3. The first-order valence-electron chi connectivity index (χ1n) is 22.5. The van der Waals surface area contributed by atoms with Crippen LogP contribution in [-0.2, 0) is 19.5 Å². The zero-order valence-corrected chi connectivity index (χ0v) is 39.3. The summed E-state index contributed by atoms with van der Waals surface area (Å²) < 4.78 is 86.1. The van der Waals surface area contributed by atoms with Crippen molar-refractivity contribution in [2.75, 3.05) is 99.2 Å². The third-order valence-corrected chi connectivity index (χ3v) is 14.1. The van der Waals surface area contributed by atoms with Gasteiger partial charge in [-0.3, -0.25) is 19.8 Å². The number of ether oxygens (including phenoxy) is 3. The number of sulfonamides is 1. The molecule has 2 fully saturated rings. The summed E-state index contributed by atoms with van der Waals surface area (Å²) in [5.41, 5.74) is 5.03. The van der Waals surface area contributed by atoms with Crippen LogP contribution in [0.2, 0.25) is 5.02 Å². The molecule has 1 atom stereocenters. The van der Waals surface area contributed by atoms with Gasteiger partial charge in [0.15, 0.2) is 0 Å². The molecular formula is C47H54ClF3N8O8S. The number of carbonyl (C=O) groups excluding carboxylic acids is 1. The molecule has 3 aliphatic heterocycles. The monoisotopic (exact) mass is 982 g/mol. The van der Waals surface area contributed by atoms with Crippen LogP contribution in [0, 0.1) is 15.5 Å². The molecule has 8 rings (SSSR count). The van der Waals surface area contributed by atoms with Gasteiger partial charge in [-0.1, -0.05) is 43.2 Å². The average Bonchev–Trinajstić information content (AvgIpc) is 3.53. The molecule has 364 valence electrons. The molecule has 1 aliphatic carbocycles. The number of nitro groups is 1. The number of carbonyl (C=O) groups is 1. The summed E-state index contributed by atoms with van der Waals surface area (Å²) in [4.78, 5) is 35.9. The fourth-order valence-corrected chi connectivity index (χ4v) is 10.0. The van der Waals surface area contributed by atoms with Crippen molar-refractivity contribution in [2.24, 2.45) is 5.41 Å². The predicted molar refractivity (Wildman–Crippen MR) is 254 cm³/mol. The highest BCUT2D eigenvalue weighted by Crippen LogP contribution is 2.44. The SMILES string of the molecule is CC1(C)CCC(CN2CCN(c3ccc(C(=O)NS(=O)(=O)c4ccc(NC[C@H]5COCCO5)c([N+](=O)[O-])c4)c(N4CCCOc5nc(NCC(F)(F)F)ccc54)c3)CC2)=C(c2ccc(Cl)cc2)C1. The van der Waals surface area contributed by atoms with Gasteiger partial charge >= 0.3 is 6.18 Å². The molecule has 1 amide bonds. The number of alkyl halides is 3. The highest BCUT2D eigenvalue weighted by molar-refractivity contribution is 7.90. The van der Waals surface area contributed by atoms with Gasteiger partial charge in [0.25, 0.3) is 21.6 Å². The van der Waals surface area contributed by atoms with E-state index in [4.69, 9.17) is 25.8 Å². The van der Waals surface area contributed by atoms with Gasteiger partial charge in [-0.2, -0.15) is 18.2 Å². The molecule has 0 saturated carbocycles. The maximum Gasteiger partial charge on any atom is 0.405 e. The summed E-state index contributed by atoms with van der Waals surface area (Å²) >= 11 is 6.25. The zero-order valence-electron chi connectivity index (χ0n) is 37.7. The Kier molecular flexibility index (Phi) is 14.7. The molecule has 3 aromatic carbocycles. The van der Waals surface area contributed by atoms with Crippen LogP contribution in [0.1, 0.15) is 55.5 Å². The number of nitrogens with zero attached hydrogens (tertiary/aromatic N) is 5. The van der Waals surface area contributed by atoms with Crippen molar-refractivity contribution in [1.82, 2.24) is 14.6 Å². The highest BCUT2D eigenvalue weighted by atomic mass is 35.5. The fraction of sp³-hybridized carbons (Fsp3) is 0.447. The molecule has 0 bridgehead atoms. The number of allylic oxidation sites excluding steroid dienone is 1. The number of amides is 1. The lowest BCUT2D eigenvalue weighted by Crippen LogP contribution is -2.47. The lowest BCUT2D eigenvalue weighted by molar-refractivity contribution is -0.384. The molecular weight excluding hydrogens is 929 g/mol. The molecule has 0 unspecified atom stereocenters. The number of benzene rings is 3. The van der Waals surface area contributed by atoms with E-state index in [1.54, 1.807) is 17.0 Å². The largest absolute Gasteiger partial charge is 0.476 e. The number of halogens is 4. The Morgan fingerprint density at radius 3 is 2.46 bits per heavy atom. The fourth-order valence-electron chi connectivity index (χ4n) is 8.92. The normalized spacial score (nSPS) is 19.1. The first-order valence-corrected chi connectivity index (χ1v) is 24.4. The van der Waals surface area contributed by atoms with E-state index in [0.29, 0.717) is 49.1 Å². The van der Waals surface area contributed by atoms with Gasteiger partial charge in [-0.05, 0) is 96.8 Å². The molecule has 4 heterocycles. The summed E-state index contributed by atoms with van der Waals surface area (Å²) in [7, 11) is -4.69. The van der Waals surface area contributed by atoms with Crippen LogP contribution in [0.5, 0.6) is 5.88 Å². The summed E-state index contributed by atoms with van der Waals surface area (Å²) in [6.45, 7) is 8.61. The number of nitrogens with one attached hydrogen (secondary N) is 3. The molecule has 4 aromatic rings. The molecule has 21 heteroatoms. The van der Waals surface area contributed by atoms with Gasteiger partial charge in [-0.15, -0.1) is 0 Å². The molecule has 0 radical (unpaired) electrons. The Bertz CT molecular complexity index is 2640. The van der Waals surface area contributed by atoms with Crippen molar-refractivity contribution >= 4 is 67.4 Å². The highest BCUT2D eigenvalue weighted by Gasteiger charge is 2.33. The summed E-state index contributed by atoms with van der Waals surface area (Å²) in [5.74, 6) is -1.06. The summed E-state index contributed by atoms with van der Waals surface area (Å²) in [5, 5.41) is 18.1. The first kappa shape index (κ1) is 48.8. The van der Waals surface area contributed by atoms with E-state index in [1.165, 1.54) is 41.0 Å². The van der Waals surface area contributed by atoms with Gasteiger partial charge in [0.05, 0.1) is 53.6 Å². The number of fused-ring (bicyclic) bond motifs is 1. The Morgan fingerprint density at radius 1 is 0.956 bits per heavy atom. The second-order valence-electron chi connectivity index (χ2n) is 18.1. The van der Waals surface area contributed by atoms with Crippen molar-refractivity contribution in [3.05, 3.63) is 105 Å². The number of nitro benzene ring substituents is 1. The van der Waals surface area contributed by atoms with Gasteiger partial charge in [0.1, 0.15) is 23.7 Å². The standard InChI is InChI=1S/C47H54ClF3N8O8S/c1-46(2)15-14-32(38(26-46)31-4-6-33(48)7-5-31)28-56-17-19-57(20-18-56)34-8-10-37(41(24-34)58-16-3-21-67-45-40(58)12-13-43(54-45)53-30-47(49,50)51)44(60)55-68(63,64)36-9-11-39(42(25-36)59(61)62)52-27-35-29-65-22-23-66-35/h4-13,24-25,35,52H,3,14-23,26-30H2,1-2H3,(H,53,54)(H,55,60)/t35-/m0/s1. The maximum absolute atomic E-state index is 14.3. The van der Waals surface area contributed by atoms with E-state index in [0.717, 1.165) is 56.7 Å². The van der Waals surface area contributed by atoms with E-state index < -0.39 is 44.2 Å². The molecule has 2 saturated heterocycles. The lowest BCUT2D eigenvalue weighted by Gasteiger charge is -2.39. The van der Waals surface area contributed by atoms with Crippen LogP contribution in [-0.4, -0.2) is 120 Å². The third-order valence-electron chi connectivity index (χ3n) is 12.5. The summed E-state index contributed by atoms with van der Waals surface area (Å²) in [6.07, 6.45) is -1.39.